The van der Waals surface area contributed by atoms with Gasteiger partial charge in [0.1, 0.15) is 5.69 Å². The third kappa shape index (κ3) is 3.98. The lowest BCUT2D eigenvalue weighted by atomic mass is 9.84. The standard InChI is InChI=1S/C19H27N3O4/c1-12(16-10-13-3-4-14(16)9-13)21-19(23)15-5-6-17(20-7-8-26-2)18(11-15)22(24)25/h5-6,11-14,16,20H,3-4,7-10H2,1-2H3,(H,21,23). The van der Waals surface area contributed by atoms with Crippen LogP contribution in [0.15, 0.2) is 18.2 Å². The quantitative estimate of drug-likeness (QED) is 0.421. The van der Waals surface area contributed by atoms with Crippen molar-refractivity contribution in [3.05, 3.63) is 33.9 Å². The van der Waals surface area contributed by atoms with Crippen molar-refractivity contribution in [2.75, 3.05) is 25.6 Å². The average molecular weight is 361 g/mol. The number of benzene rings is 1. The highest BCUT2D eigenvalue weighted by Crippen LogP contribution is 2.49. The Hall–Kier alpha value is -2.15. The SMILES string of the molecule is COCCNc1ccc(C(=O)NC(C)C2CC3CCC2C3)cc1[N+](=O)[O-]. The van der Waals surface area contributed by atoms with Crippen LogP contribution in [0.2, 0.25) is 0 Å². The third-order valence-electron chi connectivity index (χ3n) is 5.87. The van der Waals surface area contributed by atoms with Crippen LogP contribution in [0.25, 0.3) is 0 Å². The number of nitrogens with zero attached hydrogens (tertiary/aromatic N) is 1. The number of methoxy groups -OCH3 is 1. The Labute approximate surface area is 153 Å². The van der Waals surface area contributed by atoms with Crippen molar-refractivity contribution in [2.24, 2.45) is 17.8 Å². The first-order valence-electron chi connectivity index (χ1n) is 9.31. The van der Waals surface area contributed by atoms with Gasteiger partial charge in [0.05, 0.1) is 11.5 Å². The molecule has 1 amide bonds. The molecule has 7 nitrogen and oxygen atoms in total. The number of nitrogens with one attached hydrogen (secondary N) is 2. The predicted octanol–water partition coefficient (Wildman–Crippen LogP) is 3.21. The first kappa shape index (κ1) is 18.6. The highest BCUT2D eigenvalue weighted by Gasteiger charge is 2.42. The molecule has 3 rings (SSSR count). The van der Waals surface area contributed by atoms with Crippen molar-refractivity contribution in [1.82, 2.24) is 5.32 Å². The third-order valence-corrected chi connectivity index (χ3v) is 5.87. The van der Waals surface area contributed by atoms with Crippen molar-refractivity contribution in [2.45, 2.75) is 38.6 Å². The van der Waals surface area contributed by atoms with Gasteiger partial charge in [-0.15, -0.1) is 0 Å². The van der Waals surface area contributed by atoms with E-state index in [0.717, 1.165) is 11.8 Å². The van der Waals surface area contributed by atoms with E-state index in [9.17, 15) is 14.9 Å². The van der Waals surface area contributed by atoms with Crippen LogP contribution in [0.3, 0.4) is 0 Å². The predicted molar refractivity (Wildman–Crippen MR) is 99.3 cm³/mol. The maximum atomic E-state index is 12.6. The second-order valence-corrected chi connectivity index (χ2v) is 7.51. The number of ether oxygens (including phenoxy) is 1. The summed E-state index contributed by atoms with van der Waals surface area (Å²) < 4.78 is 4.94. The molecule has 142 valence electrons. The second kappa shape index (κ2) is 8.03. The zero-order chi connectivity index (χ0) is 18.7. The molecule has 2 fully saturated rings. The van der Waals surface area contributed by atoms with E-state index in [0.29, 0.717) is 30.3 Å². The molecule has 2 aliphatic carbocycles. The number of nitro benzene ring substituents is 1. The minimum atomic E-state index is -0.467. The van der Waals surface area contributed by atoms with E-state index in [-0.39, 0.29) is 17.6 Å². The lowest BCUT2D eigenvalue weighted by molar-refractivity contribution is -0.384. The number of carbonyl (C=O) groups excluding carboxylic acids is 1. The Morgan fingerprint density at radius 1 is 1.38 bits per heavy atom. The Bertz CT molecular complexity index is 679. The highest BCUT2D eigenvalue weighted by molar-refractivity contribution is 5.95. The summed E-state index contributed by atoms with van der Waals surface area (Å²) in [5.41, 5.74) is 0.620. The molecule has 4 atom stereocenters. The summed E-state index contributed by atoms with van der Waals surface area (Å²) >= 11 is 0. The summed E-state index contributed by atoms with van der Waals surface area (Å²) in [7, 11) is 1.57. The van der Waals surface area contributed by atoms with Gasteiger partial charge in [-0.05, 0) is 56.1 Å². The molecule has 0 aliphatic heterocycles. The minimum Gasteiger partial charge on any atom is -0.383 e. The molecule has 0 saturated heterocycles. The van der Waals surface area contributed by atoms with Gasteiger partial charge >= 0.3 is 0 Å². The summed E-state index contributed by atoms with van der Waals surface area (Å²) in [6.45, 7) is 2.96. The first-order valence-corrected chi connectivity index (χ1v) is 9.31. The van der Waals surface area contributed by atoms with Crippen LogP contribution in [0.1, 0.15) is 43.0 Å². The van der Waals surface area contributed by atoms with Gasteiger partial charge in [-0.25, -0.2) is 0 Å². The van der Waals surface area contributed by atoms with Gasteiger partial charge in [0.15, 0.2) is 0 Å². The number of anilines is 1. The zero-order valence-electron chi connectivity index (χ0n) is 15.4. The Morgan fingerprint density at radius 2 is 2.19 bits per heavy atom. The molecule has 7 heteroatoms. The van der Waals surface area contributed by atoms with Crippen molar-refractivity contribution >= 4 is 17.3 Å². The fourth-order valence-corrected chi connectivity index (χ4v) is 4.56. The second-order valence-electron chi connectivity index (χ2n) is 7.51. The van der Waals surface area contributed by atoms with Crippen LogP contribution in [0, 0.1) is 27.9 Å². The van der Waals surface area contributed by atoms with Gasteiger partial charge in [0.25, 0.3) is 11.6 Å². The topological polar surface area (TPSA) is 93.5 Å². The molecule has 4 unspecified atom stereocenters. The molecule has 26 heavy (non-hydrogen) atoms. The molecule has 0 radical (unpaired) electrons. The summed E-state index contributed by atoms with van der Waals surface area (Å²) in [6, 6.07) is 4.66. The fourth-order valence-electron chi connectivity index (χ4n) is 4.56. The van der Waals surface area contributed by atoms with Gasteiger partial charge in [-0.3, -0.25) is 14.9 Å². The molecule has 0 spiro atoms. The van der Waals surface area contributed by atoms with E-state index in [2.05, 4.69) is 17.6 Å². The van der Waals surface area contributed by atoms with E-state index < -0.39 is 4.92 Å². The number of hydrogen-bond donors (Lipinski definition) is 2. The van der Waals surface area contributed by atoms with Crippen LogP contribution in [0.4, 0.5) is 11.4 Å². The lowest BCUT2D eigenvalue weighted by Gasteiger charge is -2.28. The van der Waals surface area contributed by atoms with E-state index in [1.165, 1.54) is 31.7 Å². The molecule has 1 aromatic carbocycles. The number of carbonyl (C=O) groups is 1. The van der Waals surface area contributed by atoms with Crippen molar-refractivity contribution in [1.29, 1.82) is 0 Å². The van der Waals surface area contributed by atoms with Crippen molar-refractivity contribution in [3.8, 4) is 0 Å². The molecule has 1 aromatic rings. The smallest absolute Gasteiger partial charge is 0.293 e. The number of hydrogen-bond acceptors (Lipinski definition) is 5. The molecule has 0 aromatic heterocycles. The first-order chi connectivity index (χ1) is 12.5. The van der Waals surface area contributed by atoms with Crippen LogP contribution in [0.5, 0.6) is 0 Å². The maximum absolute atomic E-state index is 12.6. The summed E-state index contributed by atoms with van der Waals surface area (Å²) in [4.78, 5) is 23.5. The van der Waals surface area contributed by atoms with Crippen LogP contribution in [-0.4, -0.2) is 37.1 Å². The number of fused-ring (bicyclic) bond motifs is 2. The van der Waals surface area contributed by atoms with Gasteiger partial charge < -0.3 is 15.4 Å². The summed E-state index contributed by atoms with van der Waals surface area (Å²) in [5, 5.41) is 17.4. The molecular weight excluding hydrogens is 334 g/mol. The van der Waals surface area contributed by atoms with Gasteiger partial charge in [-0.1, -0.05) is 6.42 Å². The van der Waals surface area contributed by atoms with Gasteiger partial charge in [0.2, 0.25) is 0 Å². The summed E-state index contributed by atoms with van der Waals surface area (Å²) in [5.74, 6) is 1.83. The minimum absolute atomic E-state index is 0.0939. The number of amides is 1. The molecule has 0 heterocycles. The number of rotatable bonds is 8. The average Bonchev–Trinajstić information content (AvgIpc) is 3.25. The van der Waals surface area contributed by atoms with Crippen molar-refractivity contribution < 1.29 is 14.5 Å². The molecule has 2 bridgehead atoms. The Balaban J connectivity index is 1.66. The zero-order valence-corrected chi connectivity index (χ0v) is 15.4. The largest absolute Gasteiger partial charge is 0.383 e. The van der Waals surface area contributed by atoms with Crippen LogP contribution >= 0.6 is 0 Å². The van der Waals surface area contributed by atoms with E-state index in [1.54, 1.807) is 19.2 Å². The highest BCUT2D eigenvalue weighted by atomic mass is 16.6. The van der Waals surface area contributed by atoms with E-state index in [4.69, 9.17) is 4.74 Å². The van der Waals surface area contributed by atoms with Crippen molar-refractivity contribution in [3.63, 3.8) is 0 Å². The fraction of sp³-hybridized carbons (Fsp3) is 0.632. The van der Waals surface area contributed by atoms with E-state index in [1.807, 2.05) is 0 Å². The summed E-state index contributed by atoms with van der Waals surface area (Å²) in [6.07, 6.45) is 5.07. The van der Waals surface area contributed by atoms with Gasteiger partial charge in [-0.2, -0.15) is 0 Å². The van der Waals surface area contributed by atoms with Crippen LogP contribution in [-0.2, 0) is 4.74 Å². The lowest BCUT2D eigenvalue weighted by Crippen LogP contribution is -2.40. The van der Waals surface area contributed by atoms with Crippen LogP contribution < -0.4 is 10.6 Å². The maximum Gasteiger partial charge on any atom is 0.293 e. The number of nitro groups is 1. The van der Waals surface area contributed by atoms with Gasteiger partial charge in [0, 0.05) is 31.3 Å². The molecule has 2 saturated carbocycles. The Morgan fingerprint density at radius 3 is 2.81 bits per heavy atom. The monoisotopic (exact) mass is 361 g/mol. The van der Waals surface area contributed by atoms with E-state index >= 15 is 0 Å². The molecule has 2 aliphatic rings. The normalized spacial score (nSPS) is 25.1. The molecule has 2 N–H and O–H groups in total. The molecular formula is C19H27N3O4. The Kier molecular flexibility index (Phi) is 5.76.